The Labute approximate surface area is 192 Å². The molecule has 0 N–H and O–H groups in total. The second-order valence-corrected chi connectivity index (χ2v) is 9.30. The van der Waals surface area contributed by atoms with E-state index in [-0.39, 0.29) is 37.2 Å². The van der Waals surface area contributed by atoms with Gasteiger partial charge >= 0.3 is 6.09 Å². The van der Waals surface area contributed by atoms with Crippen molar-refractivity contribution in [1.82, 2.24) is 4.90 Å². The summed E-state index contributed by atoms with van der Waals surface area (Å²) in [5.74, 6) is -2.00. The van der Waals surface area contributed by atoms with Crippen LogP contribution in [-0.2, 0) is 20.7 Å². The third-order valence-electron chi connectivity index (χ3n) is 5.73. The van der Waals surface area contributed by atoms with Gasteiger partial charge in [0.05, 0.1) is 18.2 Å². The van der Waals surface area contributed by atoms with E-state index in [1.807, 2.05) is 0 Å². The Morgan fingerprint density at radius 2 is 1.94 bits per heavy atom. The standard InChI is InChI=1S/C23H32F2N4O4/c1-14(20(30)11-6-8-16-17(24)9-7-10-18(16)25)21(32-5)19-12-15(27-28-26)13-29(19)22(31)33-23(2,3)4/h7,9-10,14-15,19,21H,6,8,11-13H2,1-5H3/t14-,15-,19-,21+/m0/s1. The quantitative estimate of drug-likeness (QED) is 0.283. The zero-order valence-electron chi connectivity index (χ0n) is 19.8. The number of hydrogen-bond donors (Lipinski definition) is 0. The average Bonchev–Trinajstić information content (AvgIpc) is 3.13. The topological polar surface area (TPSA) is 105 Å². The van der Waals surface area contributed by atoms with Gasteiger partial charge in [-0.1, -0.05) is 18.1 Å². The predicted octanol–water partition coefficient (Wildman–Crippen LogP) is 5.20. The average molecular weight is 467 g/mol. The molecule has 0 spiro atoms. The lowest BCUT2D eigenvalue weighted by Gasteiger charge is -2.34. The van der Waals surface area contributed by atoms with Crippen molar-refractivity contribution in [3.05, 3.63) is 45.8 Å². The molecule has 10 heteroatoms. The first kappa shape index (κ1) is 26.5. The van der Waals surface area contributed by atoms with Crippen LogP contribution in [0, 0.1) is 17.6 Å². The van der Waals surface area contributed by atoms with Gasteiger partial charge in [-0.05, 0) is 57.7 Å². The Bertz CT molecular complexity index is 879. The predicted molar refractivity (Wildman–Crippen MR) is 119 cm³/mol. The summed E-state index contributed by atoms with van der Waals surface area (Å²) in [4.78, 5) is 30.0. The summed E-state index contributed by atoms with van der Waals surface area (Å²) in [5, 5.41) is 3.74. The maximum Gasteiger partial charge on any atom is 0.410 e. The summed E-state index contributed by atoms with van der Waals surface area (Å²) < 4.78 is 38.8. The van der Waals surface area contributed by atoms with E-state index in [4.69, 9.17) is 15.0 Å². The van der Waals surface area contributed by atoms with Crippen LogP contribution in [0.25, 0.3) is 10.4 Å². The van der Waals surface area contributed by atoms with Crippen molar-refractivity contribution in [3.8, 4) is 0 Å². The minimum absolute atomic E-state index is 0.0367. The first-order chi connectivity index (χ1) is 15.5. The largest absolute Gasteiger partial charge is 0.444 e. The maximum absolute atomic E-state index is 13.8. The van der Waals surface area contributed by atoms with Gasteiger partial charge in [0.15, 0.2) is 0 Å². The number of methoxy groups -OCH3 is 1. The van der Waals surface area contributed by atoms with Gasteiger partial charge in [-0.15, -0.1) is 0 Å². The highest BCUT2D eigenvalue weighted by atomic mass is 19.1. The molecule has 33 heavy (non-hydrogen) atoms. The molecule has 1 heterocycles. The number of ether oxygens (including phenoxy) is 2. The minimum Gasteiger partial charge on any atom is -0.444 e. The van der Waals surface area contributed by atoms with Crippen LogP contribution in [0.2, 0.25) is 0 Å². The normalized spacial score (nSPS) is 20.2. The Balaban J connectivity index is 2.09. The van der Waals surface area contributed by atoms with Crippen molar-refractivity contribution >= 4 is 11.9 Å². The molecule has 2 rings (SSSR count). The molecular formula is C23H32F2N4O4. The van der Waals surface area contributed by atoms with Gasteiger partial charge in [-0.25, -0.2) is 13.6 Å². The Hall–Kier alpha value is -2.71. The van der Waals surface area contributed by atoms with E-state index >= 15 is 0 Å². The zero-order valence-corrected chi connectivity index (χ0v) is 19.8. The Kier molecular flexibility index (Phi) is 9.19. The second-order valence-electron chi connectivity index (χ2n) is 9.30. The number of Topliss-reactive ketones (excluding diaryl/α,β-unsaturated/α-hetero) is 1. The Morgan fingerprint density at radius 1 is 1.30 bits per heavy atom. The van der Waals surface area contributed by atoms with Crippen molar-refractivity contribution < 1.29 is 27.8 Å². The van der Waals surface area contributed by atoms with E-state index in [2.05, 4.69) is 10.0 Å². The highest BCUT2D eigenvalue weighted by molar-refractivity contribution is 5.81. The van der Waals surface area contributed by atoms with Crippen LogP contribution in [0.5, 0.6) is 0 Å². The molecule has 0 radical (unpaired) electrons. The second kappa shape index (κ2) is 11.4. The lowest BCUT2D eigenvalue weighted by atomic mass is 9.89. The number of amides is 1. The summed E-state index contributed by atoms with van der Waals surface area (Å²) in [6.07, 6.45) is -0.414. The monoisotopic (exact) mass is 466 g/mol. The van der Waals surface area contributed by atoms with Crippen molar-refractivity contribution in [3.63, 3.8) is 0 Å². The van der Waals surface area contributed by atoms with Gasteiger partial charge in [0.25, 0.3) is 0 Å². The third kappa shape index (κ3) is 7.14. The number of halogens is 2. The summed E-state index contributed by atoms with van der Waals surface area (Å²) in [7, 11) is 1.46. The summed E-state index contributed by atoms with van der Waals surface area (Å²) in [6.45, 7) is 7.11. The van der Waals surface area contributed by atoms with E-state index in [0.29, 0.717) is 6.42 Å². The van der Waals surface area contributed by atoms with E-state index in [1.54, 1.807) is 27.7 Å². The number of azide groups is 1. The molecule has 1 aliphatic heterocycles. The SMILES string of the molecule is CO[C@H]([C@@H](C)C(=O)CCCc1c(F)cccc1F)[C@@H]1C[C@H](N=[N+]=[N-])CN1C(=O)OC(C)(C)C. The van der Waals surface area contributed by atoms with Gasteiger partial charge in [0.1, 0.15) is 23.0 Å². The highest BCUT2D eigenvalue weighted by Gasteiger charge is 2.44. The number of carbonyl (C=O) groups is 2. The van der Waals surface area contributed by atoms with Crippen molar-refractivity contribution in [2.45, 2.75) is 77.2 Å². The van der Waals surface area contributed by atoms with Crippen LogP contribution in [-0.4, -0.2) is 54.2 Å². The number of carbonyl (C=O) groups excluding carboxylic acids is 2. The molecular weight excluding hydrogens is 434 g/mol. The number of hydrogen-bond acceptors (Lipinski definition) is 5. The fourth-order valence-corrected chi connectivity index (χ4v) is 4.16. The molecule has 0 aromatic heterocycles. The van der Waals surface area contributed by atoms with Crippen LogP contribution in [0.3, 0.4) is 0 Å². The Morgan fingerprint density at radius 3 is 2.48 bits per heavy atom. The molecule has 1 aliphatic rings. The number of ketones is 1. The van der Waals surface area contributed by atoms with Gasteiger partial charge in [-0.2, -0.15) is 0 Å². The molecule has 8 nitrogen and oxygen atoms in total. The lowest BCUT2D eigenvalue weighted by Crippen LogP contribution is -2.49. The maximum atomic E-state index is 13.8. The fraction of sp³-hybridized carbons (Fsp3) is 0.652. The molecule has 0 bridgehead atoms. The van der Waals surface area contributed by atoms with E-state index in [0.717, 1.165) is 0 Å². The van der Waals surface area contributed by atoms with Crippen LogP contribution >= 0.6 is 0 Å². The molecule has 1 aromatic carbocycles. The first-order valence-electron chi connectivity index (χ1n) is 11.0. The van der Waals surface area contributed by atoms with Gasteiger partial charge in [0.2, 0.25) is 0 Å². The lowest BCUT2D eigenvalue weighted by molar-refractivity contribution is -0.128. The number of nitrogens with zero attached hydrogens (tertiary/aromatic N) is 4. The van der Waals surface area contributed by atoms with Crippen LogP contribution in [0.1, 0.15) is 52.5 Å². The molecule has 0 unspecified atom stereocenters. The molecule has 1 fully saturated rings. The number of benzene rings is 1. The van der Waals surface area contributed by atoms with Gasteiger partial charge in [0, 0.05) is 36.5 Å². The molecule has 0 saturated carbocycles. The summed E-state index contributed by atoms with van der Waals surface area (Å²) >= 11 is 0. The van der Waals surface area contributed by atoms with Crippen molar-refractivity contribution in [2.24, 2.45) is 11.0 Å². The van der Waals surface area contributed by atoms with Crippen molar-refractivity contribution in [2.75, 3.05) is 13.7 Å². The van der Waals surface area contributed by atoms with Crippen LogP contribution < -0.4 is 0 Å². The van der Waals surface area contributed by atoms with E-state index in [9.17, 15) is 18.4 Å². The molecule has 4 atom stereocenters. The molecule has 1 amide bonds. The highest BCUT2D eigenvalue weighted by Crippen LogP contribution is 2.30. The molecule has 182 valence electrons. The third-order valence-corrected chi connectivity index (χ3v) is 5.73. The number of rotatable bonds is 9. The summed E-state index contributed by atoms with van der Waals surface area (Å²) in [5.41, 5.74) is 8.08. The molecule has 0 aliphatic carbocycles. The van der Waals surface area contributed by atoms with Crippen LogP contribution in [0.4, 0.5) is 13.6 Å². The zero-order chi connectivity index (χ0) is 24.8. The van der Waals surface area contributed by atoms with E-state index in [1.165, 1.54) is 30.2 Å². The molecule has 1 saturated heterocycles. The summed E-state index contributed by atoms with van der Waals surface area (Å²) in [6, 6.07) is 2.69. The number of likely N-dealkylation sites (tertiary alicyclic amines) is 1. The molecule has 1 aromatic rings. The van der Waals surface area contributed by atoms with E-state index < -0.39 is 47.4 Å². The fourth-order valence-electron chi connectivity index (χ4n) is 4.16. The van der Waals surface area contributed by atoms with Gasteiger partial charge in [-0.3, -0.25) is 4.79 Å². The van der Waals surface area contributed by atoms with Gasteiger partial charge < -0.3 is 14.4 Å². The smallest absolute Gasteiger partial charge is 0.410 e. The first-order valence-corrected chi connectivity index (χ1v) is 11.0. The van der Waals surface area contributed by atoms with Crippen LogP contribution in [0.15, 0.2) is 23.3 Å². The van der Waals surface area contributed by atoms with Crippen molar-refractivity contribution in [1.29, 1.82) is 0 Å². The minimum atomic E-state index is -0.718.